The van der Waals surface area contributed by atoms with Gasteiger partial charge in [0.1, 0.15) is 6.04 Å². The molecule has 1 aromatic heterocycles. The van der Waals surface area contributed by atoms with E-state index in [0.717, 1.165) is 37.9 Å². The fourth-order valence-electron chi connectivity index (χ4n) is 4.61. The summed E-state index contributed by atoms with van der Waals surface area (Å²) in [6.07, 6.45) is 7.53. The minimum Gasteiger partial charge on any atom is -0.348 e. The van der Waals surface area contributed by atoms with Gasteiger partial charge in [0.2, 0.25) is 11.8 Å². The molecule has 1 spiro atoms. The molecule has 9 heteroatoms. The van der Waals surface area contributed by atoms with Crippen molar-refractivity contribution in [1.29, 1.82) is 0 Å². The predicted molar refractivity (Wildman–Crippen MR) is 101 cm³/mol. The lowest BCUT2D eigenvalue weighted by Crippen LogP contribution is -2.55. The van der Waals surface area contributed by atoms with Crippen LogP contribution in [0.1, 0.15) is 31.4 Å². The summed E-state index contributed by atoms with van der Waals surface area (Å²) >= 11 is 0. The molecule has 28 heavy (non-hydrogen) atoms. The third-order valence-corrected chi connectivity index (χ3v) is 6.49. The van der Waals surface area contributed by atoms with E-state index in [1.807, 2.05) is 9.80 Å². The zero-order valence-electron chi connectivity index (χ0n) is 16.3. The van der Waals surface area contributed by atoms with Crippen LogP contribution < -0.4 is 5.32 Å². The number of nitrogens with one attached hydrogen (secondary N) is 2. The number of urea groups is 1. The average Bonchev–Trinajstić information content (AvgIpc) is 3.33. The maximum atomic E-state index is 12.7. The van der Waals surface area contributed by atoms with Gasteiger partial charge in [0.05, 0.1) is 12.9 Å². The third kappa shape index (κ3) is 3.70. The number of likely N-dealkylation sites (N-methyl/N-ethyl adjacent to an activating group) is 1. The molecule has 0 saturated carbocycles. The molecule has 0 aromatic carbocycles. The van der Waals surface area contributed by atoms with Crippen LogP contribution in [0.4, 0.5) is 4.79 Å². The molecular weight excluding hydrogens is 360 g/mol. The first-order chi connectivity index (χ1) is 13.5. The minimum atomic E-state index is -0.439. The highest BCUT2D eigenvalue weighted by atomic mass is 16.2. The van der Waals surface area contributed by atoms with Crippen LogP contribution in [0.15, 0.2) is 12.5 Å². The Labute approximate surface area is 164 Å². The summed E-state index contributed by atoms with van der Waals surface area (Å²) in [6.45, 7) is 3.28. The molecule has 1 aromatic rings. The molecule has 3 aliphatic rings. The summed E-state index contributed by atoms with van der Waals surface area (Å²) in [7, 11) is 1.70. The Morgan fingerprint density at radius 3 is 2.71 bits per heavy atom. The number of hydrogen-bond donors (Lipinski definition) is 2. The molecule has 3 saturated heterocycles. The highest BCUT2D eigenvalue weighted by molar-refractivity contribution is 5.90. The summed E-state index contributed by atoms with van der Waals surface area (Å²) in [5.74, 6) is 0.232. The maximum absolute atomic E-state index is 12.7. The number of amides is 4. The second kappa shape index (κ2) is 7.44. The molecule has 1 unspecified atom stereocenters. The van der Waals surface area contributed by atoms with Crippen molar-refractivity contribution < 1.29 is 14.4 Å². The van der Waals surface area contributed by atoms with Gasteiger partial charge in [-0.15, -0.1) is 0 Å². The molecule has 3 aliphatic heterocycles. The van der Waals surface area contributed by atoms with Gasteiger partial charge < -0.3 is 25.0 Å². The van der Waals surface area contributed by atoms with E-state index in [0.29, 0.717) is 32.6 Å². The summed E-state index contributed by atoms with van der Waals surface area (Å²) in [5, 5.41) is 2.75. The smallest absolute Gasteiger partial charge is 0.317 e. The Morgan fingerprint density at radius 1 is 1.29 bits per heavy atom. The molecule has 0 radical (unpaired) electrons. The van der Waals surface area contributed by atoms with Crippen molar-refractivity contribution in [2.24, 2.45) is 5.41 Å². The monoisotopic (exact) mass is 388 g/mol. The zero-order chi connectivity index (χ0) is 19.7. The van der Waals surface area contributed by atoms with Crippen molar-refractivity contribution in [3.63, 3.8) is 0 Å². The number of piperidine rings is 2. The Balaban J connectivity index is 1.32. The van der Waals surface area contributed by atoms with Crippen LogP contribution in [0.5, 0.6) is 0 Å². The molecule has 4 rings (SSSR count). The molecule has 2 N–H and O–H groups in total. The van der Waals surface area contributed by atoms with Gasteiger partial charge in [-0.25, -0.2) is 9.78 Å². The lowest BCUT2D eigenvalue weighted by molar-refractivity contribution is -0.143. The molecule has 0 aliphatic carbocycles. The van der Waals surface area contributed by atoms with Gasteiger partial charge in [-0.05, 0) is 24.7 Å². The normalized spacial score (nSPS) is 24.8. The van der Waals surface area contributed by atoms with Crippen molar-refractivity contribution in [1.82, 2.24) is 30.0 Å². The predicted octanol–water partition coefficient (Wildman–Crippen LogP) is 0.207. The summed E-state index contributed by atoms with van der Waals surface area (Å²) in [5.41, 5.74) is 1.14. The fraction of sp³-hybridized carbons (Fsp3) is 0.684. The molecule has 152 valence electrons. The van der Waals surface area contributed by atoms with Gasteiger partial charge in [0.25, 0.3) is 0 Å². The highest BCUT2D eigenvalue weighted by Gasteiger charge is 2.43. The highest BCUT2D eigenvalue weighted by Crippen LogP contribution is 2.40. The van der Waals surface area contributed by atoms with Crippen LogP contribution in [-0.2, 0) is 16.0 Å². The standard InChI is InChI=1S/C19H28N6O3/c1-23-11-15(22-18(23)28)17(27)24-8-5-19(6-9-24)4-2-16(26)25(12-19)7-3-14-10-20-13-21-14/h10,13,15H,2-9,11-12H2,1H3,(H,20,21)(H,22,28). The number of carbonyl (C=O) groups excluding carboxylic acids is 3. The molecule has 4 heterocycles. The lowest BCUT2D eigenvalue weighted by atomic mass is 9.72. The van der Waals surface area contributed by atoms with Crippen molar-refractivity contribution >= 4 is 17.8 Å². The Hall–Kier alpha value is -2.58. The second-order valence-corrected chi connectivity index (χ2v) is 8.35. The number of aromatic amines is 1. The number of aromatic nitrogens is 2. The van der Waals surface area contributed by atoms with Gasteiger partial charge in [-0.3, -0.25) is 9.59 Å². The third-order valence-electron chi connectivity index (χ3n) is 6.49. The van der Waals surface area contributed by atoms with E-state index in [9.17, 15) is 14.4 Å². The molecular formula is C19H28N6O3. The summed E-state index contributed by atoms with van der Waals surface area (Å²) in [4.78, 5) is 49.2. The number of imidazole rings is 1. The van der Waals surface area contributed by atoms with Crippen LogP contribution >= 0.6 is 0 Å². The van der Waals surface area contributed by atoms with Gasteiger partial charge in [-0.1, -0.05) is 0 Å². The van der Waals surface area contributed by atoms with Crippen LogP contribution in [0, 0.1) is 5.41 Å². The van der Waals surface area contributed by atoms with Gasteiger partial charge in [0.15, 0.2) is 0 Å². The number of hydrogen-bond acceptors (Lipinski definition) is 4. The van der Waals surface area contributed by atoms with Crippen LogP contribution in [-0.4, -0.2) is 88.3 Å². The largest absolute Gasteiger partial charge is 0.348 e. The topological polar surface area (TPSA) is 102 Å². The van der Waals surface area contributed by atoms with E-state index in [1.54, 1.807) is 19.6 Å². The number of likely N-dealkylation sites (tertiary alicyclic amines) is 2. The maximum Gasteiger partial charge on any atom is 0.317 e. The molecule has 9 nitrogen and oxygen atoms in total. The molecule has 1 atom stereocenters. The van der Waals surface area contributed by atoms with Crippen molar-refractivity contribution in [2.45, 2.75) is 38.1 Å². The summed E-state index contributed by atoms with van der Waals surface area (Å²) in [6, 6.07) is -0.629. The molecule has 4 amide bonds. The minimum absolute atomic E-state index is 0.00976. The quantitative estimate of drug-likeness (QED) is 0.770. The SMILES string of the molecule is CN1CC(C(=O)N2CCC3(CCC(=O)N(CCc4cnc[nH]4)C3)CC2)NC1=O. The second-order valence-electron chi connectivity index (χ2n) is 8.35. The number of rotatable bonds is 4. The van der Waals surface area contributed by atoms with Crippen molar-refractivity contribution in [3.05, 3.63) is 18.2 Å². The van der Waals surface area contributed by atoms with E-state index in [4.69, 9.17) is 0 Å². The first kappa shape index (κ1) is 18.8. The zero-order valence-corrected chi connectivity index (χ0v) is 16.3. The Morgan fingerprint density at radius 2 is 2.07 bits per heavy atom. The van der Waals surface area contributed by atoms with Gasteiger partial charge >= 0.3 is 6.03 Å². The first-order valence-corrected chi connectivity index (χ1v) is 10.0. The Bertz CT molecular complexity index is 741. The van der Waals surface area contributed by atoms with E-state index < -0.39 is 6.04 Å². The number of nitrogens with zero attached hydrogens (tertiary/aromatic N) is 4. The average molecular weight is 388 g/mol. The fourth-order valence-corrected chi connectivity index (χ4v) is 4.61. The lowest BCUT2D eigenvalue weighted by Gasteiger charge is -2.47. The van der Waals surface area contributed by atoms with E-state index in [2.05, 4.69) is 15.3 Å². The molecule has 3 fully saturated rings. The van der Waals surface area contributed by atoms with Gasteiger partial charge in [0, 0.05) is 58.0 Å². The van der Waals surface area contributed by atoms with E-state index in [-0.39, 0.29) is 23.3 Å². The van der Waals surface area contributed by atoms with Crippen molar-refractivity contribution in [2.75, 3.05) is 39.8 Å². The van der Waals surface area contributed by atoms with E-state index in [1.165, 1.54) is 4.90 Å². The Kier molecular flexibility index (Phi) is 4.99. The van der Waals surface area contributed by atoms with Crippen LogP contribution in [0.25, 0.3) is 0 Å². The van der Waals surface area contributed by atoms with Crippen LogP contribution in [0.2, 0.25) is 0 Å². The number of H-pyrrole nitrogens is 1. The van der Waals surface area contributed by atoms with Crippen LogP contribution in [0.3, 0.4) is 0 Å². The van der Waals surface area contributed by atoms with E-state index >= 15 is 0 Å². The number of carbonyl (C=O) groups is 3. The van der Waals surface area contributed by atoms with Crippen molar-refractivity contribution in [3.8, 4) is 0 Å². The first-order valence-electron chi connectivity index (χ1n) is 10.0. The van der Waals surface area contributed by atoms with Gasteiger partial charge in [-0.2, -0.15) is 0 Å². The molecule has 0 bridgehead atoms. The summed E-state index contributed by atoms with van der Waals surface area (Å²) < 4.78 is 0.